The van der Waals surface area contributed by atoms with Gasteiger partial charge in [-0.2, -0.15) is 0 Å². The van der Waals surface area contributed by atoms with Crippen molar-refractivity contribution in [2.24, 2.45) is 4.99 Å². The van der Waals surface area contributed by atoms with Gasteiger partial charge in [0.15, 0.2) is 0 Å². The number of aliphatic imine (C=N–C) groups is 1. The van der Waals surface area contributed by atoms with Crippen molar-refractivity contribution in [3.63, 3.8) is 0 Å². The van der Waals surface area contributed by atoms with Crippen LogP contribution >= 0.6 is 35.3 Å². The summed E-state index contributed by atoms with van der Waals surface area (Å²) in [6, 6.07) is 0. The predicted molar refractivity (Wildman–Crippen MR) is 75.4 cm³/mol. The summed E-state index contributed by atoms with van der Waals surface area (Å²) in [4.78, 5) is 5.64. The Morgan fingerprint density at radius 1 is 1.38 bits per heavy atom. The molecule has 0 saturated carbocycles. The van der Waals surface area contributed by atoms with Crippen LogP contribution in [-0.2, 0) is 0 Å². The standard InChI is InChI=1S/C12H14ClNS.ClH/c1-7-6-15-12(8(7)2)10-4-5-14-9(3)11(10)13;/h5-6,10H,4H2,1-3H3;1H. The summed E-state index contributed by atoms with van der Waals surface area (Å²) >= 11 is 8.13. The quantitative estimate of drug-likeness (QED) is 0.697. The first-order chi connectivity index (χ1) is 7.11. The fraction of sp³-hybridized carbons (Fsp3) is 0.417. The number of aryl methyl sites for hydroxylation is 1. The molecule has 0 aromatic carbocycles. The minimum atomic E-state index is 0. The fourth-order valence-electron chi connectivity index (χ4n) is 1.80. The Bertz CT molecular complexity index is 446. The lowest BCUT2D eigenvalue weighted by Crippen LogP contribution is -2.05. The molecule has 1 unspecified atom stereocenters. The highest BCUT2D eigenvalue weighted by Crippen LogP contribution is 2.40. The molecule has 1 aromatic heterocycles. The van der Waals surface area contributed by atoms with E-state index in [1.165, 1.54) is 16.0 Å². The molecule has 0 N–H and O–H groups in total. The van der Waals surface area contributed by atoms with E-state index < -0.39 is 0 Å². The minimum absolute atomic E-state index is 0. The van der Waals surface area contributed by atoms with Crippen LogP contribution < -0.4 is 0 Å². The number of thiophene rings is 1. The molecule has 88 valence electrons. The molecule has 4 heteroatoms. The zero-order valence-electron chi connectivity index (χ0n) is 9.58. The van der Waals surface area contributed by atoms with Crippen LogP contribution in [-0.4, -0.2) is 6.21 Å². The molecular weight excluding hydrogens is 261 g/mol. The molecule has 1 atom stereocenters. The molecule has 0 fully saturated rings. The average molecular weight is 276 g/mol. The lowest BCUT2D eigenvalue weighted by Gasteiger charge is -2.18. The van der Waals surface area contributed by atoms with Gasteiger partial charge in [-0.1, -0.05) is 11.6 Å². The summed E-state index contributed by atoms with van der Waals surface area (Å²) in [5, 5.41) is 3.11. The van der Waals surface area contributed by atoms with Gasteiger partial charge in [-0.3, -0.25) is 4.99 Å². The smallest absolute Gasteiger partial charge is 0.0520 e. The highest BCUT2D eigenvalue weighted by atomic mass is 35.5. The van der Waals surface area contributed by atoms with Crippen LogP contribution in [0.15, 0.2) is 21.1 Å². The van der Waals surface area contributed by atoms with Gasteiger partial charge in [0.2, 0.25) is 0 Å². The maximum Gasteiger partial charge on any atom is 0.0520 e. The summed E-state index contributed by atoms with van der Waals surface area (Å²) < 4.78 is 0. The van der Waals surface area contributed by atoms with Crippen LogP contribution in [0.5, 0.6) is 0 Å². The van der Waals surface area contributed by atoms with Crippen molar-refractivity contribution in [3.8, 4) is 0 Å². The van der Waals surface area contributed by atoms with Gasteiger partial charge in [0, 0.05) is 22.0 Å². The van der Waals surface area contributed by atoms with Crippen molar-refractivity contribution in [2.45, 2.75) is 33.1 Å². The highest BCUT2D eigenvalue weighted by molar-refractivity contribution is 7.10. The van der Waals surface area contributed by atoms with E-state index in [0.717, 1.165) is 17.2 Å². The maximum absolute atomic E-state index is 6.32. The van der Waals surface area contributed by atoms with Gasteiger partial charge in [-0.05, 0) is 43.7 Å². The average Bonchev–Trinajstić information content (AvgIpc) is 2.53. The normalized spacial score (nSPS) is 19.9. The van der Waals surface area contributed by atoms with Crippen molar-refractivity contribution in [1.29, 1.82) is 0 Å². The third-order valence-corrected chi connectivity index (χ3v) is 4.77. The molecule has 1 aliphatic rings. The number of hydrogen-bond acceptors (Lipinski definition) is 2. The summed E-state index contributed by atoms with van der Waals surface area (Å²) in [6.07, 6.45) is 2.90. The zero-order valence-corrected chi connectivity index (χ0v) is 12.0. The lowest BCUT2D eigenvalue weighted by molar-refractivity contribution is 0.862. The van der Waals surface area contributed by atoms with E-state index >= 15 is 0 Å². The molecule has 0 saturated heterocycles. The molecule has 1 aromatic rings. The number of hydrogen-bond donors (Lipinski definition) is 0. The fourth-order valence-corrected chi connectivity index (χ4v) is 3.31. The highest BCUT2D eigenvalue weighted by Gasteiger charge is 2.22. The molecule has 16 heavy (non-hydrogen) atoms. The second kappa shape index (κ2) is 5.35. The van der Waals surface area contributed by atoms with E-state index in [2.05, 4.69) is 24.2 Å². The summed E-state index contributed by atoms with van der Waals surface area (Å²) in [6.45, 7) is 6.30. The first-order valence-electron chi connectivity index (χ1n) is 5.04. The van der Waals surface area contributed by atoms with E-state index in [9.17, 15) is 0 Å². The minimum Gasteiger partial charge on any atom is -0.265 e. The Morgan fingerprint density at radius 3 is 2.62 bits per heavy atom. The molecule has 0 amide bonds. The van der Waals surface area contributed by atoms with E-state index in [1.807, 2.05) is 24.5 Å². The molecular formula is C12H15Cl2NS. The molecule has 1 nitrogen and oxygen atoms in total. The monoisotopic (exact) mass is 275 g/mol. The van der Waals surface area contributed by atoms with E-state index in [1.54, 1.807) is 0 Å². The van der Waals surface area contributed by atoms with Gasteiger partial charge < -0.3 is 0 Å². The molecule has 2 heterocycles. The topological polar surface area (TPSA) is 12.4 Å². The van der Waals surface area contributed by atoms with Crippen LogP contribution in [0.4, 0.5) is 0 Å². The number of nitrogens with zero attached hydrogens (tertiary/aromatic N) is 1. The maximum atomic E-state index is 6.32. The molecule has 0 spiro atoms. The number of rotatable bonds is 1. The summed E-state index contributed by atoms with van der Waals surface area (Å²) in [5.74, 6) is 0.336. The van der Waals surface area contributed by atoms with Gasteiger partial charge in [0.1, 0.15) is 0 Å². The third-order valence-electron chi connectivity index (χ3n) is 2.92. The molecule has 0 aliphatic carbocycles. The number of allylic oxidation sites excluding steroid dienone is 2. The second-order valence-electron chi connectivity index (χ2n) is 3.94. The van der Waals surface area contributed by atoms with Gasteiger partial charge in [-0.15, -0.1) is 23.7 Å². The van der Waals surface area contributed by atoms with E-state index in [0.29, 0.717) is 5.92 Å². The van der Waals surface area contributed by atoms with Crippen molar-refractivity contribution in [1.82, 2.24) is 0 Å². The Hall–Kier alpha value is -0.310. The first-order valence-corrected chi connectivity index (χ1v) is 6.30. The largest absolute Gasteiger partial charge is 0.265 e. The molecule has 2 rings (SSSR count). The second-order valence-corrected chi connectivity index (χ2v) is 5.26. The first kappa shape index (κ1) is 13.8. The Morgan fingerprint density at radius 2 is 2.06 bits per heavy atom. The summed E-state index contributed by atoms with van der Waals surface area (Å²) in [7, 11) is 0. The molecule has 0 radical (unpaired) electrons. The van der Waals surface area contributed by atoms with Gasteiger partial charge in [0.05, 0.1) is 5.70 Å². The van der Waals surface area contributed by atoms with E-state index in [-0.39, 0.29) is 12.4 Å². The Kier molecular flexibility index (Phi) is 4.60. The molecule has 1 aliphatic heterocycles. The van der Waals surface area contributed by atoms with Gasteiger partial charge >= 0.3 is 0 Å². The zero-order chi connectivity index (χ0) is 11.0. The van der Waals surface area contributed by atoms with Gasteiger partial charge in [-0.25, -0.2) is 0 Å². The van der Waals surface area contributed by atoms with Gasteiger partial charge in [0.25, 0.3) is 0 Å². The van der Waals surface area contributed by atoms with Crippen LogP contribution in [0.2, 0.25) is 0 Å². The van der Waals surface area contributed by atoms with Crippen molar-refractivity contribution in [2.75, 3.05) is 0 Å². The van der Waals surface area contributed by atoms with Crippen LogP contribution in [0.1, 0.15) is 35.3 Å². The lowest BCUT2D eigenvalue weighted by atomic mass is 9.97. The predicted octanol–water partition coefficient (Wildman–Crippen LogP) is 4.82. The van der Waals surface area contributed by atoms with Crippen LogP contribution in [0.25, 0.3) is 0 Å². The number of halogens is 2. The Labute approximate surface area is 112 Å². The Balaban J connectivity index is 0.00000128. The SMILES string of the molecule is CC1=C(Cl)C(c2scc(C)c2C)CC=N1.Cl. The third kappa shape index (κ3) is 2.34. The van der Waals surface area contributed by atoms with Crippen molar-refractivity contribution in [3.05, 3.63) is 32.1 Å². The van der Waals surface area contributed by atoms with Crippen LogP contribution in [0, 0.1) is 13.8 Å². The van der Waals surface area contributed by atoms with Crippen LogP contribution in [0.3, 0.4) is 0 Å². The summed E-state index contributed by atoms with van der Waals surface area (Å²) in [5.41, 5.74) is 3.70. The van der Waals surface area contributed by atoms with Crippen molar-refractivity contribution < 1.29 is 0 Å². The van der Waals surface area contributed by atoms with E-state index in [4.69, 9.17) is 11.6 Å². The molecule has 0 bridgehead atoms. The van der Waals surface area contributed by atoms with Crippen molar-refractivity contribution >= 4 is 41.6 Å².